The van der Waals surface area contributed by atoms with Gasteiger partial charge in [-0.2, -0.15) is 0 Å². The normalized spacial score (nSPS) is 16.4. The van der Waals surface area contributed by atoms with Gasteiger partial charge in [0.15, 0.2) is 0 Å². The molecule has 0 aromatic heterocycles. The van der Waals surface area contributed by atoms with Crippen molar-refractivity contribution in [2.75, 3.05) is 10.8 Å². The van der Waals surface area contributed by atoms with Gasteiger partial charge >= 0.3 is 0 Å². The summed E-state index contributed by atoms with van der Waals surface area (Å²) in [5, 5.41) is 4.88. The van der Waals surface area contributed by atoms with E-state index in [1.807, 2.05) is 78.9 Å². The number of nitrogens with zero attached hydrogens (tertiary/aromatic N) is 2. The van der Waals surface area contributed by atoms with Crippen LogP contribution in [0.4, 0.5) is 5.69 Å². The maximum Gasteiger partial charge on any atom is 0.265 e. The van der Waals surface area contributed by atoms with Crippen LogP contribution in [0.25, 0.3) is 10.8 Å². The number of nitrogens with one attached hydrogen (secondary N) is 1. The molecule has 9 heteroatoms. The second-order valence-electron chi connectivity index (χ2n) is 12.0. The average molecular weight is 689 g/mol. The Morgan fingerprint density at radius 2 is 1.60 bits per heavy atom. The average Bonchev–Trinajstić information content (AvgIpc) is 3.26. The second-order valence-corrected chi connectivity index (χ2v) is 14.8. The molecular weight excluding hydrogens is 650 g/mol. The van der Waals surface area contributed by atoms with Crippen molar-refractivity contribution in [1.82, 2.24) is 10.2 Å². The first kappa shape index (κ1) is 31.3. The Morgan fingerprint density at radius 3 is 2.36 bits per heavy atom. The predicted molar refractivity (Wildman–Crippen MR) is 181 cm³/mol. The van der Waals surface area contributed by atoms with E-state index in [-0.39, 0.29) is 37.4 Å². The Labute approximate surface area is 273 Å². The maximum absolute atomic E-state index is 14.2. The molecule has 4 aromatic carbocycles. The number of rotatable bonds is 11. The van der Waals surface area contributed by atoms with E-state index >= 15 is 0 Å². The Balaban J connectivity index is 1.25. The molecular formula is C36H38BrN3O4S. The number of anilines is 1. The molecule has 0 unspecified atom stereocenters. The molecule has 234 valence electrons. The smallest absolute Gasteiger partial charge is 0.265 e. The summed E-state index contributed by atoms with van der Waals surface area (Å²) in [7, 11) is -3.72. The summed E-state index contributed by atoms with van der Waals surface area (Å²) in [5.41, 5.74) is 2.53. The lowest BCUT2D eigenvalue weighted by molar-refractivity contribution is -0.141. The number of sulfonamides is 1. The standard InChI is InChI=1S/C36H38BrN3O4S/c37-29-16-7-13-27(23-29)25-39(32(24-26-11-3-1-4-12-26)36(42)38-30-17-5-2-6-18-30)34(41)21-10-22-40-31-19-8-14-28-15-9-20-33(35(28)31)45(40,43)44/h1,3-4,7-9,11-16,19-20,23,30,32H,2,5-6,10,17-18,21-22,24-25H2,(H,38,42)/t32-/m1/s1. The van der Waals surface area contributed by atoms with Crippen molar-refractivity contribution in [3.63, 3.8) is 0 Å². The maximum atomic E-state index is 14.2. The molecule has 0 radical (unpaired) electrons. The summed E-state index contributed by atoms with van der Waals surface area (Å²) >= 11 is 3.54. The summed E-state index contributed by atoms with van der Waals surface area (Å²) in [6, 6.07) is 27.9. The molecule has 1 N–H and O–H groups in total. The summed E-state index contributed by atoms with van der Waals surface area (Å²) in [5.74, 6) is -0.319. The summed E-state index contributed by atoms with van der Waals surface area (Å²) in [6.45, 7) is 0.435. The van der Waals surface area contributed by atoms with Gasteiger partial charge in [-0.15, -0.1) is 0 Å². The fraction of sp³-hybridized carbons (Fsp3) is 0.333. The van der Waals surface area contributed by atoms with E-state index in [9.17, 15) is 18.0 Å². The summed E-state index contributed by atoms with van der Waals surface area (Å²) < 4.78 is 29.3. The van der Waals surface area contributed by atoms with E-state index in [0.29, 0.717) is 23.4 Å². The fourth-order valence-electron chi connectivity index (χ4n) is 6.65. The molecule has 7 nitrogen and oxygen atoms in total. The van der Waals surface area contributed by atoms with Crippen LogP contribution in [-0.4, -0.2) is 43.8 Å². The van der Waals surface area contributed by atoms with Crippen LogP contribution in [-0.2, 0) is 32.6 Å². The Kier molecular flexibility index (Phi) is 9.56. The molecule has 1 atom stereocenters. The van der Waals surface area contributed by atoms with Gasteiger partial charge in [0.2, 0.25) is 11.8 Å². The number of benzene rings is 4. The first-order valence-corrected chi connectivity index (χ1v) is 18.0. The summed E-state index contributed by atoms with van der Waals surface area (Å²) in [6.07, 6.45) is 6.06. The monoisotopic (exact) mass is 687 g/mol. The Bertz CT molecular complexity index is 1790. The topological polar surface area (TPSA) is 86.8 Å². The number of carbonyl (C=O) groups is 2. The first-order valence-electron chi connectivity index (χ1n) is 15.7. The van der Waals surface area contributed by atoms with Crippen LogP contribution >= 0.6 is 15.9 Å². The van der Waals surface area contributed by atoms with Gasteiger partial charge in [-0.25, -0.2) is 8.42 Å². The molecule has 1 heterocycles. The molecule has 1 aliphatic carbocycles. The highest BCUT2D eigenvalue weighted by Crippen LogP contribution is 2.42. The van der Waals surface area contributed by atoms with Gasteiger partial charge in [-0.3, -0.25) is 13.9 Å². The van der Waals surface area contributed by atoms with E-state index in [1.54, 1.807) is 17.0 Å². The molecule has 1 aliphatic heterocycles. The Morgan fingerprint density at radius 1 is 0.889 bits per heavy atom. The van der Waals surface area contributed by atoms with Gasteiger partial charge in [0.25, 0.3) is 10.0 Å². The highest BCUT2D eigenvalue weighted by Gasteiger charge is 2.36. The zero-order chi connectivity index (χ0) is 31.4. The van der Waals surface area contributed by atoms with Gasteiger partial charge in [0, 0.05) is 41.8 Å². The van der Waals surface area contributed by atoms with E-state index in [1.165, 1.54) is 10.7 Å². The first-order chi connectivity index (χ1) is 21.8. The number of hydrogen-bond acceptors (Lipinski definition) is 4. The zero-order valence-corrected chi connectivity index (χ0v) is 27.6. The zero-order valence-electron chi connectivity index (χ0n) is 25.2. The molecule has 6 rings (SSSR count). The quantitative estimate of drug-likeness (QED) is 0.184. The third-order valence-corrected chi connectivity index (χ3v) is 11.2. The minimum atomic E-state index is -3.72. The molecule has 0 saturated heterocycles. The van der Waals surface area contributed by atoms with Crippen LogP contribution in [0.2, 0.25) is 0 Å². The summed E-state index contributed by atoms with van der Waals surface area (Å²) in [4.78, 5) is 30.2. The lowest BCUT2D eigenvalue weighted by Gasteiger charge is -2.33. The van der Waals surface area contributed by atoms with Crippen LogP contribution in [0, 0.1) is 0 Å². The van der Waals surface area contributed by atoms with Gasteiger partial charge < -0.3 is 10.2 Å². The number of amides is 2. The minimum absolute atomic E-state index is 0.105. The van der Waals surface area contributed by atoms with Crippen molar-refractivity contribution in [3.8, 4) is 0 Å². The van der Waals surface area contributed by atoms with Gasteiger partial charge in [-0.05, 0) is 60.0 Å². The van der Waals surface area contributed by atoms with Crippen molar-refractivity contribution in [3.05, 3.63) is 107 Å². The third-order valence-electron chi connectivity index (χ3n) is 8.90. The van der Waals surface area contributed by atoms with Crippen LogP contribution < -0.4 is 9.62 Å². The highest BCUT2D eigenvalue weighted by atomic mass is 79.9. The molecule has 4 aromatic rings. The molecule has 1 saturated carbocycles. The minimum Gasteiger partial charge on any atom is -0.352 e. The predicted octanol–water partition coefficient (Wildman–Crippen LogP) is 6.98. The van der Waals surface area contributed by atoms with Crippen LogP contribution in [0.5, 0.6) is 0 Å². The van der Waals surface area contributed by atoms with Crippen LogP contribution in [0.15, 0.2) is 100 Å². The van der Waals surface area contributed by atoms with Crippen LogP contribution in [0.3, 0.4) is 0 Å². The van der Waals surface area contributed by atoms with Crippen molar-refractivity contribution in [2.24, 2.45) is 0 Å². The molecule has 2 aliphatic rings. The van der Waals surface area contributed by atoms with Gasteiger partial charge in [0.1, 0.15) is 6.04 Å². The van der Waals surface area contributed by atoms with E-state index < -0.39 is 16.1 Å². The van der Waals surface area contributed by atoms with E-state index in [0.717, 1.165) is 52.1 Å². The molecule has 0 spiro atoms. The third kappa shape index (κ3) is 6.94. The number of carbonyl (C=O) groups excluding carboxylic acids is 2. The van der Waals surface area contributed by atoms with E-state index in [4.69, 9.17) is 0 Å². The lowest BCUT2D eigenvalue weighted by atomic mass is 9.94. The number of hydrogen-bond donors (Lipinski definition) is 1. The highest BCUT2D eigenvalue weighted by molar-refractivity contribution is 9.10. The second kappa shape index (κ2) is 13.7. The fourth-order valence-corrected chi connectivity index (χ4v) is 8.84. The number of halogens is 1. The van der Waals surface area contributed by atoms with Gasteiger partial charge in [0.05, 0.1) is 10.6 Å². The van der Waals surface area contributed by atoms with Gasteiger partial charge in [-0.1, -0.05) is 102 Å². The van der Waals surface area contributed by atoms with Crippen molar-refractivity contribution in [1.29, 1.82) is 0 Å². The van der Waals surface area contributed by atoms with Crippen molar-refractivity contribution < 1.29 is 18.0 Å². The van der Waals surface area contributed by atoms with E-state index in [2.05, 4.69) is 21.2 Å². The molecule has 2 amide bonds. The largest absolute Gasteiger partial charge is 0.352 e. The SMILES string of the molecule is O=C(NC1CCCCC1)[C@@H](Cc1ccccc1)N(Cc1cccc(Br)c1)C(=O)CCCN1c2cccc3cccc(c23)S1(=O)=O. The van der Waals surface area contributed by atoms with Crippen molar-refractivity contribution >= 4 is 54.2 Å². The molecule has 0 bridgehead atoms. The lowest BCUT2D eigenvalue weighted by Crippen LogP contribution is -2.52. The van der Waals surface area contributed by atoms with Crippen LogP contribution in [0.1, 0.15) is 56.1 Å². The Hall–Kier alpha value is -3.69. The molecule has 45 heavy (non-hydrogen) atoms. The molecule has 1 fully saturated rings. The van der Waals surface area contributed by atoms with Crippen molar-refractivity contribution in [2.45, 2.75) is 74.9 Å².